The number of aryl methyl sites for hydroxylation is 2. The molecule has 37 heavy (non-hydrogen) atoms. The Balaban J connectivity index is 1.65. The summed E-state index contributed by atoms with van der Waals surface area (Å²) in [6.07, 6.45) is 0.301. The SMILES string of the molecule is Cc1ncsc1-c1ccc(CCC(=O)[C@@H]2C[C@@H](O)CN2C(=O)[C@@H](CC(=O)COCCN)C(C)(C)C)cc1. The van der Waals surface area contributed by atoms with Gasteiger partial charge in [-0.2, -0.15) is 0 Å². The van der Waals surface area contributed by atoms with Crippen LogP contribution in [-0.4, -0.2) is 70.9 Å². The van der Waals surface area contributed by atoms with Crippen molar-refractivity contribution >= 4 is 28.8 Å². The van der Waals surface area contributed by atoms with E-state index in [0.717, 1.165) is 21.7 Å². The van der Waals surface area contributed by atoms with Gasteiger partial charge in [0, 0.05) is 38.3 Å². The average molecular weight is 530 g/mol. The van der Waals surface area contributed by atoms with Crippen molar-refractivity contribution in [3.8, 4) is 10.4 Å². The molecule has 1 amide bonds. The van der Waals surface area contributed by atoms with Crippen LogP contribution in [0.3, 0.4) is 0 Å². The number of rotatable bonds is 12. The second kappa shape index (κ2) is 12.9. The number of β-amino-alcohol motifs (C(OH)–C–C–N with tert-alkyl or cyclic N) is 1. The lowest BCUT2D eigenvalue weighted by atomic mass is 9.76. The van der Waals surface area contributed by atoms with E-state index in [0.29, 0.717) is 13.0 Å². The molecule has 0 bridgehead atoms. The maximum absolute atomic E-state index is 13.6. The van der Waals surface area contributed by atoms with Crippen LogP contribution < -0.4 is 5.73 Å². The number of carbonyl (C=O) groups excluding carboxylic acids is 3. The third kappa shape index (κ3) is 7.77. The summed E-state index contributed by atoms with van der Waals surface area (Å²) in [5, 5.41) is 10.4. The van der Waals surface area contributed by atoms with E-state index in [1.54, 1.807) is 11.3 Å². The van der Waals surface area contributed by atoms with Crippen molar-refractivity contribution in [1.82, 2.24) is 9.88 Å². The molecule has 3 atom stereocenters. The maximum atomic E-state index is 13.6. The van der Waals surface area contributed by atoms with Crippen molar-refractivity contribution < 1.29 is 24.2 Å². The first-order valence-corrected chi connectivity index (χ1v) is 13.7. The van der Waals surface area contributed by atoms with Gasteiger partial charge < -0.3 is 20.5 Å². The second-order valence-corrected chi connectivity index (χ2v) is 11.7. The van der Waals surface area contributed by atoms with Gasteiger partial charge in [0.15, 0.2) is 11.6 Å². The van der Waals surface area contributed by atoms with Crippen molar-refractivity contribution in [2.24, 2.45) is 17.1 Å². The molecule has 202 valence electrons. The molecule has 3 N–H and O–H groups in total. The number of nitrogens with zero attached hydrogens (tertiary/aromatic N) is 2. The maximum Gasteiger partial charge on any atom is 0.227 e. The predicted octanol–water partition coefficient (Wildman–Crippen LogP) is 3.18. The molecular weight excluding hydrogens is 490 g/mol. The topological polar surface area (TPSA) is 123 Å². The Hall–Kier alpha value is -2.46. The summed E-state index contributed by atoms with van der Waals surface area (Å²) in [5.74, 6) is -1.14. The summed E-state index contributed by atoms with van der Waals surface area (Å²) in [5.41, 5.74) is 9.87. The van der Waals surface area contributed by atoms with Gasteiger partial charge in [-0.1, -0.05) is 45.0 Å². The number of ether oxygens (including phenoxy) is 1. The number of hydrogen-bond donors (Lipinski definition) is 2. The van der Waals surface area contributed by atoms with Crippen LogP contribution in [0.25, 0.3) is 10.4 Å². The fraction of sp³-hybridized carbons (Fsp3) is 0.571. The normalized spacial score (nSPS) is 18.7. The van der Waals surface area contributed by atoms with Gasteiger partial charge >= 0.3 is 0 Å². The molecule has 1 aliphatic heterocycles. The van der Waals surface area contributed by atoms with Crippen molar-refractivity contribution in [2.45, 2.75) is 65.5 Å². The molecule has 0 aliphatic carbocycles. The van der Waals surface area contributed by atoms with E-state index < -0.39 is 23.5 Å². The fourth-order valence-electron chi connectivity index (χ4n) is 4.72. The number of hydrogen-bond acceptors (Lipinski definition) is 8. The van der Waals surface area contributed by atoms with Gasteiger partial charge in [0.2, 0.25) is 5.91 Å². The van der Waals surface area contributed by atoms with Gasteiger partial charge in [-0.05, 0) is 29.9 Å². The number of nitrogens with two attached hydrogens (primary N) is 1. The van der Waals surface area contributed by atoms with Gasteiger partial charge in [0.05, 0.1) is 34.8 Å². The molecule has 3 rings (SSSR count). The summed E-state index contributed by atoms with van der Waals surface area (Å²) in [7, 11) is 0. The molecule has 1 fully saturated rings. The van der Waals surface area contributed by atoms with E-state index in [1.165, 1.54) is 4.90 Å². The van der Waals surface area contributed by atoms with Crippen LogP contribution in [0.1, 0.15) is 51.3 Å². The van der Waals surface area contributed by atoms with Crippen molar-refractivity contribution in [3.05, 3.63) is 41.0 Å². The highest BCUT2D eigenvalue weighted by atomic mass is 32.1. The van der Waals surface area contributed by atoms with E-state index in [1.807, 2.05) is 57.5 Å². The number of aliphatic hydroxyl groups excluding tert-OH is 1. The lowest BCUT2D eigenvalue weighted by Gasteiger charge is -2.34. The predicted molar refractivity (Wildman–Crippen MR) is 144 cm³/mol. The first-order valence-electron chi connectivity index (χ1n) is 12.8. The van der Waals surface area contributed by atoms with Gasteiger partial charge in [0.1, 0.15) is 6.61 Å². The van der Waals surface area contributed by atoms with E-state index in [2.05, 4.69) is 4.98 Å². The Kier molecular flexibility index (Phi) is 10.1. The molecule has 1 aromatic heterocycles. The van der Waals surface area contributed by atoms with Gasteiger partial charge in [-0.3, -0.25) is 14.4 Å². The van der Waals surface area contributed by atoms with E-state index >= 15 is 0 Å². The highest BCUT2D eigenvalue weighted by Crippen LogP contribution is 2.34. The lowest BCUT2D eigenvalue weighted by molar-refractivity contribution is -0.146. The third-order valence-electron chi connectivity index (χ3n) is 6.86. The summed E-state index contributed by atoms with van der Waals surface area (Å²) in [6, 6.07) is 7.43. The molecular formula is C28H39N3O5S. The van der Waals surface area contributed by atoms with Crippen LogP contribution in [-0.2, 0) is 25.5 Å². The quantitative estimate of drug-likeness (QED) is 0.405. The first-order chi connectivity index (χ1) is 17.5. The number of ketones is 2. The Morgan fingerprint density at radius 1 is 1.24 bits per heavy atom. The van der Waals surface area contributed by atoms with Crippen LogP contribution in [0.5, 0.6) is 0 Å². The zero-order chi connectivity index (χ0) is 27.2. The zero-order valence-corrected chi connectivity index (χ0v) is 23.1. The van der Waals surface area contributed by atoms with Gasteiger partial charge in [0.25, 0.3) is 0 Å². The fourth-order valence-corrected chi connectivity index (χ4v) is 5.53. The molecule has 0 spiro atoms. The molecule has 2 aromatic rings. The number of likely N-dealkylation sites (tertiary alicyclic amines) is 1. The van der Waals surface area contributed by atoms with Crippen LogP contribution in [0.2, 0.25) is 0 Å². The summed E-state index contributed by atoms with van der Waals surface area (Å²) >= 11 is 1.60. The van der Waals surface area contributed by atoms with Gasteiger partial charge in [-0.25, -0.2) is 4.98 Å². The lowest BCUT2D eigenvalue weighted by Crippen LogP contribution is -2.47. The molecule has 1 saturated heterocycles. The largest absolute Gasteiger partial charge is 0.391 e. The summed E-state index contributed by atoms with van der Waals surface area (Å²) in [4.78, 5) is 46.3. The van der Waals surface area contributed by atoms with E-state index in [-0.39, 0.29) is 56.5 Å². The number of Topliss-reactive ketones (excluding diaryl/α,β-unsaturated/α-hetero) is 2. The number of amides is 1. The Morgan fingerprint density at radius 3 is 2.54 bits per heavy atom. The minimum absolute atomic E-state index is 0.0198. The molecule has 1 aliphatic rings. The van der Waals surface area contributed by atoms with Crippen LogP contribution in [0.4, 0.5) is 0 Å². The summed E-state index contributed by atoms with van der Waals surface area (Å²) < 4.78 is 5.25. The van der Waals surface area contributed by atoms with Gasteiger partial charge in [-0.15, -0.1) is 11.3 Å². The van der Waals surface area contributed by atoms with E-state index in [9.17, 15) is 19.5 Å². The standard InChI is InChI=1S/C28H39N3O5S/c1-18-26(37-17-30-18)20-8-5-19(6-9-20)7-10-25(34)24-14-21(32)15-31(24)27(35)23(28(2,3)4)13-22(33)16-36-12-11-29/h5-6,8-9,17,21,23-24,32H,7,10-16,29H2,1-4H3/t21-,23-,24+/m1/s1. The highest BCUT2D eigenvalue weighted by molar-refractivity contribution is 7.13. The van der Waals surface area contributed by atoms with Crippen molar-refractivity contribution in [3.63, 3.8) is 0 Å². The smallest absolute Gasteiger partial charge is 0.227 e. The number of aliphatic hydroxyl groups is 1. The number of aromatic nitrogens is 1. The highest BCUT2D eigenvalue weighted by Gasteiger charge is 2.44. The molecule has 0 unspecified atom stereocenters. The molecule has 0 saturated carbocycles. The average Bonchev–Trinajstić information content (AvgIpc) is 3.46. The van der Waals surface area contributed by atoms with Crippen LogP contribution in [0, 0.1) is 18.3 Å². The van der Waals surface area contributed by atoms with Crippen molar-refractivity contribution in [2.75, 3.05) is 26.3 Å². The molecule has 8 nitrogen and oxygen atoms in total. The Bertz CT molecular complexity index is 1080. The minimum atomic E-state index is -0.760. The minimum Gasteiger partial charge on any atom is -0.391 e. The molecule has 0 radical (unpaired) electrons. The first kappa shape index (κ1) is 29.1. The Morgan fingerprint density at radius 2 is 1.95 bits per heavy atom. The second-order valence-electron chi connectivity index (χ2n) is 10.8. The zero-order valence-electron chi connectivity index (χ0n) is 22.2. The van der Waals surface area contributed by atoms with Crippen LogP contribution in [0.15, 0.2) is 29.8 Å². The number of carbonyl (C=O) groups is 3. The number of thiazole rings is 1. The molecule has 2 heterocycles. The monoisotopic (exact) mass is 529 g/mol. The van der Waals surface area contributed by atoms with Crippen LogP contribution >= 0.6 is 11.3 Å². The Labute approximate surface area is 223 Å². The third-order valence-corrected chi connectivity index (χ3v) is 7.83. The van der Waals surface area contributed by atoms with Crippen molar-refractivity contribution in [1.29, 1.82) is 0 Å². The summed E-state index contributed by atoms with van der Waals surface area (Å²) in [6.45, 7) is 8.31. The number of benzene rings is 1. The van der Waals surface area contributed by atoms with E-state index in [4.69, 9.17) is 10.5 Å². The molecule has 9 heteroatoms. The molecule has 1 aromatic carbocycles.